The number of nitrogens with one attached hydrogen (secondary N) is 1. The SMILES string of the molecule is Cc1cc(Oc2ccc(CNc3oc(-c4ccccc4)nc3C#N)cc2)ccc1Cl. The molecule has 0 saturated carbocycles. The average molecular weight is 416 g/mol. The van der Waals surface area contributed by atoms with Gasteiger partial charge in [-0.05, 0) is 60.5 Å². The number of hydrogen-bond donors (Lipinski definition) is 1. The second-order valence-corrected chi connectivity index (χ2v) is 7.09. The highest BCUT2D eigenvalue weighted by Crippen LogP contribution is 2.27. The van der Waals surface area contributed by atoms with Crippen LogP contribution in [0.4, 0.5) is 5.88 Å². The number of benzene rings is 3. The smallest absolute Gasteiger partial charge is 0.232 e. The van der Waals surface area contributed by atoms with Gasteiger partial charge in [0.2, 0.25) is 17.5 Å². The van der Waals surface area contributed by atoms with E-state index in [-0.39, 0.29) is 5.69 Å². The average Bonchev–Trinajstić information content (AvgIpc) is 3.20. The summed E-state index contributed by atoms with van der Waals surface area (Å²) in [6.45, 7) is 2.42. The zero-order valence-electron chi connectivity index (χ0n) is 16.2. The summed E-state index contributed by atoms with van der Waals surface area (Å²) >= 11 is 6.05. The Morgan fingerprint density at radius 2 is 1.77 bits per heavy atom. The second-order valence-electron chi connectivity index (χ2n) is 6.69. The third-order valence-electron chi connectivity index (χ3n) is 4.50. The number of nitriles is 1. The van der Waals surface area contributed by atoms with Gasteiger partial charge in [-0.15, -0.1) is 0 Å². The molecule has 4 aromatic rings. The Hall–Kier alpha value is -3.75. The number of halogens is 1. The fourth-order valence-corrected chi connectivity index (χ4v) is 3.01. The van der Waals surface area contributed by atoms with Crippen LogP contribution >= 0.6 is 11.6 Å². The van der Waals surface area contributed by atoms with Crippen LogP contribution in [0.15, 0.2) is 77.2 Å². The first-order valence-electron chi connectivity index (χ1n) is 9.35. The van der Waals surface area contributed by atoms with Gasteiger partial charge in [-0.2, -0.15) is 10.2 Å². The number of hydrogen-bond acceptors (Lipinski definition) is 5. The van der Waals surface area contributed by atoms with E-state index < -0.39 is 0 Å². The number of nitrogens with zero attached hydrogens (tertiary/aromatic N) is 2. The largest absolute Gasteiger partial charge is 0.457 e. The van der Waals surface area contributed by atoms with Crippen LogP contribution in [0.5, 0.6) is 11.5 Å². The van der Waals surface area contributed by atoms with Gasteiger partial charge in [-0.3, -0.25) is 0 Å². The maximum atomic E-state index is 9.35. The lowest BCUT2D eigenvalue weighted by Gasteiger charge is -2.09. The van der Waals surface area contributed by atoms with Gasteiger partial charge in [0.1, 0.15) is 17.6 Å². The maximum Gasteiger partial charge on any atom is 0.232 e. The molecule has 1 aromatic heterocycles. The fourth-order valence-electron chi connectivity index (χ4n) is 2.89. The highest BCUT2D eigenvalue weighted by atomic mass is 35.5. The lowest BCUT2D eigenvalue weighted by molar-refractivity contribution is 0.482. The van der Waals surface area contributed by atoms with E-state index >= 15 is 0 Å². The predicted octanol–water partition coefficient (Wildman–Crippen LogP) is 6.58. The molecule has 3 aromatic carbocycles. The Labute approximate surface area is 179 Å². The van der Waals surface area contributed by atoms with Crippen LogP contribution in [-0.2, 0) is 6.54 Å². The molecule has 0 unspecified atom stereocenters. The minimum atomic E-state index is 0.229. The van der Waals surface area contributed by atoms with Crippen molar-refractivity contribution in [2.24, 2.45) is 0 Å². The molecule has 5 nitrogen and oxygen atoms in total. The van der Waals surface area contributed by atoms with Gasteiger partial charge < -0.3 is 14.5 Å². The minimum absolute atomic E-state index is 0.229. The van der Waals surface area contributed by atoms with Crippen LogP contribution < -0.4 is 10.1 Å². The summed E-state index contributed by atoms with van der Waals surface area (Å²) in [6.07, 6.45) is 0. The van der Waals surface area contributed by atoms with Gasteiger partial charge in [-0.25, -0.2) is 0 Å². The van der Waals surface area contributed by atoms with E-state index in [1.54, 1.807) is 0 Å². The number of aromatic nitrogens is 1. The van der Waals surface area contributed by atoms with Crippen molar-refractivity contribution in [2.45, 2.75) is 13.5 Å². The van der Waals surface area contributed by atoms with Crippen LogP contribution in [0.2, 0.25) is 5.02 Å². The lowest BCUT2D eigenvalue weighted by atomic mass is 10.2. The van der Waals surface area contributed by atoms with E-state index in [0.29, 0.717) is 23.3 Å². The van der Waals surface area contributed by atoms with E-state index in [1.807, 2.05) is 79.7 Å². The molecule has 0 saturated heterocycles. The molecule has 0 bridgehead atoms. The molecule has 148 valence electrons. The second kappa shape index (κ2) is 8.73. The molecule has 0 aliphatic rings. The summed E-state index contributed by atoms with van der Waals surface area (Å²) in [4.78, 5) is 4.27. The number of anilines is 1. The van der Waals surface area contributed by atoms with Crippen molar-refractivity contribution in [1.82, 2.24) is 4.98 Å². The van der Waals surface area contributed by atoms with Gasteiger partial charge >= 0.3 is 0 Å². The third-order valence-corrected chi connectivity index (χ3v) is 4.92. The van der Waals surface area contributed by atoms with Gasteiger partial charge in [0, 0.05) is 17.1 Å². The Morgan fingerprint density at radius 1 is 1.03 bits per heavy atom. The van der Waals surface area contributed by atoms with Crippen molar-refractivity contribution in [3.63, 3.8) is 0 Å². The quantitative estimate of drug-likeness (QED) is 0.385. The molecule has 1 N–H and O–H groups in total. The molecule has 0 atom stereocenters. The zero-order chi connectivity index (χ0) is 20.9. The first-order valence-corrected chi connectivity index (χ1v) is 9.73. The van der Waals surface area contributed by atoms with Crippen LogP contribution in [-0.4, -0.2) is 4.98 Å². The standard InChI is InChI=1S/C24H18ClN3O2/c1-16-13-20(11-12-21(16)25)29-19-9-7-17(8-10-19)15-27-24-22(14-26)28-23(30-24)18-5-3-2-4-6-18/h2-13,27H,15H2,1H3. The Balaban J connectivity index is 1.42. The normalized spacial score (nSPS) is 10.4. The summed E-state index contributed by atoms with van der Waals surface area (Å²) in [5.41, 5.74) is 3.02. The first-order chi connectivity index (χ1) is 14.6. The molecule has 0 aliphatic heterocycles. The lowest BCUT2D eigenvalue weighted by Crippen LogP contribution is -1.99. The molecular formula is C24H18ClN3O2. The minimum Gasteiger partial charge on any atom is -0.457 e. The number of aryl methyl sites for hydroxylation is 1. The molecule has 4 rings (SSSR count). The summed E-state index contributed by atoms with van der Waals surface area (Å²) < 4.78 is 11.6. The predicted molar refractivity (Wildman–Crippen MR) is 117 cm³/mol. The van der Waals surface area contributed by atoms with Gasteiger partial charge in [0.05, 0.1) is 0 Å². The molecule has 1 heterocycles. The van der Waals surface area contributed by atoms with Crippen molar-refractivity contribution < 1.29 is 9.15 Å². The van der Waals surface area contributed by atoms with Crippen molar-refractivity contribution in [2.75, 3.05) is 5.32 Å². The molecule has 0 amide bonds. The molecule has 30 heavy (non-hydrogen) atoms. The number of ether oxygens (including phenoxy) is 1. The van der Waals surface area contributed by atoms with Gasteiger partial charge in [0.15, 0.2) is 0 Å². The van der Waals surface area contributed by atoms with Crippen molar-refractivity contribution >= 4 is 17.5 Å². The van der Waals surface area contributed by atoms with E-state index in [2.05, 4.69) is 16.4 Å². The first kappa shape index (κ1) is 19.6. The fraction of sp³-hybridized carbons (Fsp3) is 0.0833. The van der Waals surface area contributed by atoms with Crippen molar-refractivity contribution in [3.8, 4) is 29.0 Å². The Morgan fingerprint density at radius 3 is 2.47 bits per heavy atom. The van der Waals surface area contributed by atoms with E-state index in [4.69, 9.17) is 20.8 Å². The molecule has 0 fully saturated rings. The molecule has 0 radical (unpaired) electrons. The van der Waals surface area contributed by atoms with Gasteiger partial charge in [0.25, 0.3) is 0 Å². The highest BCUT2D eigenvalue weighted by molar-refractivity contribution is 6.31. The van der Waals surface area contributed by atoms with Crippen molar-refractivity contribution in [3.05, 3.63) is 94.6 Å². The third kappa shape index (κ3) is 4.45. The zero-order valence-corrected chi connectivity index (χ0v) is 17.0. The van der Waals surface area contributed by atoms with Crippen LogP contribution in [0.25, 0.3) is 11.5 Å². The Bertz CT molecular complexity index is 1200. The molecular weight excluding hydrogens is 398 g/mol. The van der Waals surface area contributed by atoms with Gasteiger partial charge in [-0.1, -0.05) is 41.9 Å². The topological polar surface area (TPSA) is 71.1 Å². The van der Waals surface area contributed by atoms with E-state index in [9.17, 15) is 5.26 Å². The summed E-state index contributed by atoms with van der Waals surface area (Å²) in [5, 5.41) is 13.2. The molecule has 0 spiro atoms. The molecule has 0 aliphatic carbocycles. The monoisotopic (exact) mass is 415 g/mol. The summed E-state index contributed by atoms with van der Waals surface area (Å²) in [6, 6.07) is 24.8. The molecule has 6 heteroatoms. The van der Waals surface area contributed by atoms with Crippen molar-refractivity contribution in [1.29, 1.82) is 5.26 Å². The number of rotatable bonds is 6. The Kier molecular flexibility index (Phi) is 5.69. The van der Waals surface area contributed by atoms with Crippen LogP contribution in [0, 0.1) is 18.3 Å². The van der Waals surface area contributed by atoms with E-state index in [1.165, 1.54) is 0 Å². The summed E-state index contributed by atoms with van der Waals surface area (Å²) in [5.74, 6) is 2.23. The number of oxazole rings is 1. The summed E-state index contributed by atoms with van der Waals surface area (Å²) in [7, 11) is 0. The van der Waals surface area contributed by atoms with Crippen LogP contribution in [0.1, 0.15) is 16.8 Å². The highest BCUT2D eigenvalue weighted by Gasteiger charge is 2.14. The maximum absolute atomic E-state index is 9.35. The van der Waals surface area contributed by atoms with Crippen LogP contribution in [0.3, 0.4) is 0 Å². The van der Waals surface area contributed by atoms with E-state index in [0.717, 1.165) is 28.2 Å².